The first-order chi connectivity index (χ1) is 5.43. The van der Waals surface area contributed by atoms with Crippen molar-refractivity contribution in [3.8, 4) is 0 Å². The molecule has 0 radical (unpaired) electrons. The van der Waals surface area contributed by atoms with Gasteiger partial charge in [0.1, 0.15) is 5.60 Å². The molecule has 3 N–H and O–H groups in total. The normalized spacial score (nSPS) is 11.7. The summed E-state index contributed by atoms with van der Waals surface area (Å²) in [5.74, 6) is 0. The minimum Gasteiger partial charge on any atom is -0.398 e. The van der Waals surface area contributed by atoms with E-state index in [2.05, 4.69) is 4.98 Å². The highest BCUT2D eigenvalue weighted by molar-refractivity contribution is 5.48. The van der Waals surface area contributed by atoms with Crippen LogP contribution in [-0.2, 0) is 5.60 Å². The maximum atomic E-state index is 9.68. The van der Waals surface area contributed by atoms with Crippen molar-refractivity contribution in [2.24, 2.45) is 0 Å². The zero-order valence-corrected chi connectivity index (χ0v) is 7.63. The molecule has 0 amide bonds. The molecule has 66 valence electrons. The maximum absolute atomic E-state index is 9.68. The van der Waals surface area contributed by atoms with Crippen LogP contribution in [0.25, 0.3) is 0 Å². The number of hydrogen-bond acceptors (Lipinski definition) is 3. The molecule has 0 atom stereocenters. The minimum absolute atomic E-state index is 0.641. The minimum atomic E-state index is -0.917. The van der Waals surface area contributed by atoms with Crippen LogP contribution in [0.5, 0.6) is 0 Å². The number of nitrogen functional groups attached to an aromatic ring is 1. The van der Waals surface area contributed by atoms with Gasteiger partial charge in [-0.2, -0.15) is 0 Å². The molecular weight excluding hydrogens is 152 g/mol. The molecule has 0 unspecified atom stereocenters. The lowest BCUT2D eigenvalue weighted by Crippen LogP contribution is -2.19. The van der Waals surface area contributed by atoms with Crippen LogP contribution >= 0.6 is 0 Å². The van der Waals surface area contributed by atoms with Gasteiger partial charge in [-0.3, -0.25) is 4.98 Å². The second kappa shape index (κ2) is 2.75. The van der Waals surface area contributed by atoms with Gasteiger partial charge in [-0.05, 0) is 32.4 Å². The third kappa shape index (κ3) is 1.56. The third-order valence-corrected chi connectivity index (χ3v) is 1.83. The number of rotatable bonds is 1. The Morgan fingerprint density at radius 2 is 2.08 bits per heavy atom. The predicted octanol–water partition coefficient (Wildman–Crippen LogP) is 1.20. The first kappa shape index (κ1) is 9.00. The predicted molar refractivity (Wildman–Crippen MR) is 48.6 cm³/mol. The van der Waals surface area contributed by atoms with E-state index in [0.29, 0.717) is 11.4 Å². The van der Waals surface area contributed by atoms with Gasteiger partial charge in [0, 0.05) is 11.9 Å². The Bertz CT molecular complexity index is 289. The van der Waals surface area contributed by atoms with E-state index < -0.39 is 5.60 Å². The standard InChI is InChI=1S/C9H14N2O/c1-6-7(10)4-5-11-8(6)9(2,3)12/h4-5,12H,1-3H3,(H2,10,11). The summed E-state index contributed by atoms with van der Waals surface area (Å²) in [5.41, 5.74) is 6.91. The first-order valence-corrected chi connectivity index (χ1v) is 3.87. The maximum Gasteiger partial charge on any atom is 0.101 e. The van der Waals surface area contributed by atoms with Crippen LogP contribution in [-0.4, -0.2) is 10.1 Å². The van der Waals surface area contributed by atoms with E-state index in [9.17, 15) is 5.11 Å². The number of nitrogens with two attached hydrogens (primary N) is 1. The van der Waals surface area contributed by atoms with Gasteiger partial charge < -0.3 is 10.8 Å². The van der Waals surface area contributed by atoms with Crippen LogP contribution < -0.4 is 5.73 Å². The smallest absolute Gasteiger partial charge is 0.101 e. The molecule has 3 nitrogen and oxygen atoms in total. The molecule has 0 aliphatic heterocycles. The van der Waals surface area contributed by atoms with Crippen LogP contribution in [0.3, 0.4) is 0 Å². The Morgan fingerprint density at radius 3 is 2.50 bits per heavy atom. The van der Waals surface area contributed by atoms with Gasteiger partial charge >= 0.3 is 0 Å². The molecule has 1 aromatic rings. The lowest BCUT2D eigenvalue weighted by molar-refractivity contribution is 0.0732. The molecule has 3 heteroatoms. The monoisotopic (exact) mass is 166 g/mol. The van der Waals surface area contributed by atoms with Crippen LogP contribution in [0, 0.1) is 6.92 Å². The molecule has 0 bridgehead atoms. The molecule has 0 saturated carbocycles. The van der Waals surface area contributed by atoms with Crippen molar-refractivity contribution in [1.29, 1.82) is 0 Å². The first-order valence-electron chi connectivity index (χ1n) is 3.87. The van der Waals surface area contributed by atoms with Gasteiger partial charge in [0.25, 0.3) is 0 Å². The Labute approximate surface area is 72.2 Å². The largest absolute Gasteiger partial charge is 0.398 e. The topological polar surface area (TPSA) is 59.1 Å². The molecule has 1 aromatic heterocycles. The highest BCUT2D eigenvalue weighted by atomic mass is 16.3. The van der Waals surface area contributed by atoms with E-state index in [-0.39, 0.29) is 0 Å². The van der Waals surface area contributed by atoms with Crippen molar-refractivity contribution in [3.63, 3.8) is 0 Å². The number of nitrogens with zero attached hydrogens (tertiary/aromatic N) is 1. The summed E-state index contributed by atoms with van der Waals surface area (Å²) in [6, 6.07) is 1.73. The Hall–Kier alpha value is -1.09. The Kier molecular flexibility index (Phi) is 2.06. The van der Waals surface area contributed by atoms with Gasteiger partial charge in [0.2, 0.25) is 0 Å². The second-order valence-electron chi connectivity index (χ2n) is 3.43. The van der Waals surface area contributed by atoms with E-state index >= 15 is 0 Å². The molecule has 12 heavy (non-hydrogen) atoms. The van der Waals surface area contributed by atoms with Crippen molar-refractivity contribution in [2.45, 2.75) is 26.4 Å². The van der Waals surface area contributed by atoms with Crippen LogP contribution in [0.4, 0.5) is 5.69 Å². The van der Waals surface area contributed by atoms with Crippen molar-refractivity contribution >= 4 is 5.69 Å². The van der Waals surface area contributed by atoms with E-state index in [1.165, 1.54) is 0 Å². The summed E-state index contributed by atoms with van der Waals surface area (Å²) in [5, 5.41) is 9.68. The van der Waals surface area contributed by atoms with Crippen LogP contribution in [0.2, 0.25) is 0 Å². The average molecular weight is 166 g/mol. The molecule has 0 aromatic carbocycles. The van der Waals surface area contributed by atoms with E-state index in [0.717, 1.165) is 5.56 Å². The molecule has 0 aliphatic rings. The number of pyridine rings is 1. The van der Waals surface area contributed by atoms with Crippen LogP contribution in [0.1, 0.15) is 25.1 Å². The van der Waals surface area contributed by atoms with E-state index in [1.807, 2.05) is 6.92 Å². The van der Waals surface area contributed by atoms with Gasteiger partial charge in [-0.25, -0.2) is 0 Å². The second-order valence-corrected chi connectivity index (χ2v) is 3.43. The Balaban J connectivity index is 3.26. The highest BCUT2D eigenvalue weighted by Crippen LogP contribution is 2.23. The Morgan fingerprint density at radius 1 is 1.50 bits per heavy atom. The summed E-state index contributed by atoms with van der Waals surface area (Å²) in [6.07, 6.45) is 1.61. The lowest BCUT2D eigenvalue weighted by atomic mass is 9.99. The molecule has 0 spiro atoms. The number of aromatic nitrogens is 1. The molecular formula is C9H14N2O. The van der Waals surface area contributed by atoms with Crippen molar-refractivity contribution in [1.82, 2.24) is 4.98 Å². The molecule has 0 saturated heterocycles. The lowest BCUT2D eigenvalue weighted by Gasteiger charge is -2.19. The van der Waals surface area contributed by atoms with E-state index in [1.54, 1.807) is 26.1 Å². The average Bonchev–Trinajstić information content (AvgIpc) is 1.92. The fourth-order valence-electron chi connectivity index (χ4n) is 1.17. The molecule has 1 heterocycles. The zero-order valence-electron chi connectivity index (χ0n) is 7.63. The molecule has 1 rings (SSSR count). The summed E-state index contributed by atoms with van der Waals surface area (Å²) in [4.78, 5) is 4.08. The highest BCUT2D eigenvalue weighted by Gasteiger charge is 2.20. The van der Waals surface area contributed by atoms with Gasteiger partial charge in [0.15, 0.2) is 0 Å². The van der Waals surface area contributed by atoms with Gasteiger partial charge in [-0.15, -0.1) is 0 Å². The fourth-order valence-corrected chi connectivity index (χ4v) is 1.17. The quantitative estimate of drug-likeness (QED) is 0.659. The molecule has 0 fully saturated rings. The van der Waals surface area contributed by atoms with Gasteiger partial charge in [0.05, 0.1) is 5.69 Å². The fraction of sp³-hybridized carbons (Fsp3) is 0.444. The molecule has 0 aliphatic carbocycles. The van der Waals surface area contributed by atoms with Crippen LogP contribution in [0.15, 0.2) is 12.3 Å². The zero-order chi connectivity index (χ0) is 9.35. The SMILES string of the molecule is Cc1c(N)ccnc1C(C)(C)O. The van der Waals surface area contributed by atoms with E-state index in [4.69, 9.17) is 5.73 Å². The number of anilines is 1. The summed E-state index contributed by atoms with van der Waals surface area (Å²) in [7, 11) is 0. The summed E-state index contributed by atoms with van der Waals surface area (Å²) in [6.45, 7) is 5.25. The van der Waals surface area contributed by atoms with Crippen molar-refractivity contribution < 1.29 is 5.11 Å². The number of aliphatic hydroxyl groups is 1. The summed E-state index contributed by atoms with van der Waals surface area (Å²) < 4.78 is 0. The van der Waals surface area contributed by atoms with Crippen molar-refractivity contribution in [2.75, 3.05) is 5.73 Å². The van der Waals surface area contributed by atoms with Crippen molar-refractivity contribution in [3.05, 3.63) is 23.5 Å². The summed E-state index contributed by atoms with van der Waals surface area (Å²) >= 11 is 0. The third-order valence-electron chi connectivity index (χ3n) is 1.83. The number of hydrogen-bond donors (Lipinski definition) is 2. The van der Waals surface area contributed by atoms with Gasteiger partial charge in [-0.1, -0.05) is 0 Å².